The van der Waals surface area contributed by atoms with Crippen molar-refractivity contribution >= 4 is 18.0 Å². The number of nitrogens with zero attached hydrogens (tertiary/aromatic N) is 1. The van der Waals surface area contributed by atoms with Crippen LogP contribution >= 0.6 is 0 Å². The van der Waals surface area contributed by atoms with E-state index in [1.807, 2.05) is 24.3 Å². The van der Waals surface area contributed by atoms with Gasteiger partial charge in [-0.3, -0.25) is 9.59 Å². The molecule has 1 heterocycles. The van der Waals surface area contributed by atoms with Crippen LogP contribution < -0.4 is 5.32 Å². The van der Waals surface area contributed by atoms with Crippen LogP contribution in [0.5, 0.6) is 0 Å². The molecule has 34 heavy (non-hydrogen) atoms. The fourth-order valence-electron chi connectivity index (χ4n) is 5.61. The first-order valence-corrected chi connectivity index (χ1v) is 12.1. The van der Waals surface area contributed by atoms with E-state index in [2.05, 4.69) is 29.6 Å². The molecule has 1 saturated carbocycles. The average molecular weight is 463 g/mol. The number of ether oxygens (including phenoxy) is 1. The lowest BCUT2D eigenvalue weighted by atomic mass is 9.74. The first kappa shape index (κ1) is 22.4. The average Bonchev–Trinajstić information content (AvgIpc) is 3.15. The predicted molar refractivity (Wildman–Crippen MR) is 126 cm³/mol. The Morgan fingerprint density at radius 2 is 1.65 bits per heavy atom. The minimum atomic E-state index is -0.854. The van der Waals surface area contributed by atoms with Gasteiger partial charge in [0, 0.05) is 19.0 Å². The van der Waals surface area contributed by atoms with Gasteiger partial charge in [0.1, 0.15) is 6.61 Å². The van der Waals surface area contributed by atoms with Crippen molar-refractivity contribution in [2.45, 2.75) is 50.0 Å². The number of likely N-dealkylation sites (tertiary alicyclic amines) is 1. The van der Waals surface area contributed by atoms with Crippen molar-refractivity contribution < 1.29 is 24.2 Å². The van der Waals surface area contributed by atoms with Crippen molar-refractivity contribution in [2.75, 3.05) is 19.7 Å². The molecule has 2 aliphatic carbocycles. The normalized spacial score (nSPS) is 20.6. The molecule has 7 nitrogen and oxygen atoms in total. The Morgan fingerprint density at radius 1 is 1.00 bits per heavy atom. The Morgan fingerprint density at radius 3 is 2.24 bits per heavy atom. The summed E-state index contributed by atoms with van der Waals surface area (Å²) in [5.41, 5.74) is 4.06. The second-order valence-corrected chi connectivity index (χ2v) is 9.78. The molecule has 1 aliphatic heterocycles. The number of piperidine rings is 1. The van der Waals surface area contributed by atoms with E-state index < -0.39 is 23.5 Å². The number of carbonyl (C=O) groups excluding carboxylic acids is 2. The molecule has 1 atom stereocenters. The number of nitrogens with one attached hydrogen (secondary N) is 1. The van der Waals surface area contributed by atoms with Crippen molar-refractivity contribution in [1.29, 1.82) is 0 Å². The van der Waals surface area contributed by atoms with Crippen molar-refractivity contribution in [1.82, 2.24) is 10.2 Å². The SMILES string of the molecule is O=C(NC1(CC(=O)N2CCC[C@H](C(=O)O)C2)CCC1)OCC1c2ccccc2-c2ccccc21. The summed E-state index contributed by atoms with van der Waals surface area (Å²) in [6.45, 7) is 1.05. The van der Waals surface area contributed by atoms with Crippen molar-refractivity contribution in [3.05, 3.63) is 59.7 Å². The van der Waals surface area contributed by atoms with Crippen LogP contribution in [-0.4, -0.2) is 53.2 Å². The maximum atomic E-state index is 12.9. The second kappa shape index (κ2) is 9.12. The van der Waals surface area contributed by atoms with Gasteiger partial charge in [0.25, 0.3) is 0 Å². The summed E-state index contributed by atoms with van der Waals surface area (Å²) >= 11 is 0. The Bertz CT molecular complexity index is 1060. The van der Waals surface area contributed by atoms with Gasteiger partial charge in [-0.05, 0) is 54.4 Å². The van der Waals surface area contributed by atoms with Crippen LogP contribution in [0.25, 0.3) is 11.1 Å². The van der Waals surface area contributed by atoms with Gasteiger partial charge in [-0.15, -0.1) is 0 Å². The van der Waals surface area contributed by atoms with E-state index in [1.54, 1.807) is 4.90 Å². The number of fused-ring (bicyclic) bond motifs is 3. The zero-order chi connectivity index (χ0) is 23.7. The molecule has 0 unspecified atom stereocenters. The van der Waals surface area contributed by atoms with Gasteiger partial charge in [-0.2, -0.15) is 0 Å². The predicted octanol–water partition coefficient (Wildman–Crippen LogP) is 4.16. The van der Waals surface area contributed by atoms with E-state index in [0.29, 0.717) is 19.4 Å². The second-order valence-electron chi connectivity index (χ2n) is 9.78. The molecule has 2 aromatic carbocycles. The van der Waals surface area contributed by atoms with E-state index in [1.165, 1.54) is 11.1 Å². The van der Waals surface area contributed by atoms with Crippen LogP contribution in [0, 0.1) is 5.92 Å². The first-order valence-electron chi connectivity index (χ1n) is 12.1. The monoisotopic (exact) mass is 462 g/mol. The highest BCUT2D eigenvalue weighted by molar-refractivity contribution is 5.81. The molecule has 2 N–H and O–H groups in total. The highest BCUT2D eigenvalue weighted by atomic mass is 16.5. The number of amides is 2. The van der Waals surface area contributed by atoms with Crippen LogP contribution in [0.4, 0.5) is 4.79 Å². The number of alkyl carbamates (subject to hydrolysis) is 1. The zero-order valence-corrected chi connectivity index (χ0v) is 19.2. The quantitative estimate of drug-likeness (QED) is 0.672. The number of rotatable bonds is 6. The van der Waals surface area contributed by atoms with E-state index in [4.69, 9.17) is 4.74 Å². The minimum Gasteiger partial charge on any atom is -0.481 e. The highest BCUT2D eigenvalue weighted by Crippen LogP contribution is 2.44. The largest absolute Gasteiger partial charge is 0.481 e. The Labute approximate surface area is 199 Å². The third kappa shape index (κ3) is 4.27. The number of aliphatic carboxylic acids is 1. The summed E-state index contributed by atoms with van der Waals surface area (Å²) in [6, 6.07) is 16.4. The summed E-state index contributed by atoms with van der Waals surface area (Å²) in [5.74, 6) is -1.47. The number of carboxylic acids is 1. The van der Waals surface area contributed by atoms with Crippen LogP contribution in [0.3, 0.4) is 0 Å². The summed E-state index contributed by atoms with van der Waals surface area (Å²) in [7, 11) is 0. The summed E-state index contributed by atoms with van der Waals surface area (Å²) in [6.07, 6.45) is 3.35. The standard InChI is InChI=1S/C27H30N2O5/c30-24(29-14-5-7-18(16-29)25(31)32)15-27(12-6-13-27)28-26(33)34-17-23-21-10-3-1-8-19(21)20-9-2-4-11-22(20)23/h1-4,8-11,18,23H,5-7,12-17H2,(H,28,33)(H,31,32)/t18-/m0/s1. The molecule has 0 spiro atoms. The lowest BCUT2D eigenvalue weighted by Crippen LogP contribution is -2.57. The van der Waals surface area contributed by atoms with E-state index in [-0.39, 0.29) is 31.4 Å². The molecule has 7 heteroatoms. The molecule has 2 amide bonds. The lowest BCUT2D eigenvalue weighted by molar-refractivity contribution is -0.146. The van der Waals surface area contributed by atoms with Crippen LogP contribution in [0.1, 0.15) is 55.6 Å². The smallest absolute Gasteiger partial charge is 0.407 e. The van der Waals surface area contributed by atoms with Gasteiger partial charge in [-0.1, -0.05) is 48.5 Å². The number of benzene rings is 2. The Kier molecular flexibility index (Phi) is 6.02. The van der Waals surface area contributed by atoms with Gasteiger partial charge in [0.2, 0.25) is 5.91 Å². The highest BCUT2D eigenvalue weighted by Gasteiger charge is 2.42. The van der Waals surface area contributed by atoms with Gasteiger partial charge in [0.15, 0.2) is 0 Å². The molecule has 2 aromatic rings. The fourth-order valence-corrected chi connectivity index (χ4v) is 5.61. The summed E-state index contributed by atoms with van der Waals surface area (Å²) in [4.78, 5) is 38.7. The maximum absolute atomic E-state index is 12.9. The third-order valence-electron chi connectivity index (χ3n) is 7.63. The van der Waals surface area contributed by atoms with Gasteiger partial charge < -0.3 is 20.1 Å². The minimum absolute atomic E-state index is 0.0153. The van der Waals surface area contributed by atoms with Crippen LogP contribution in [0.15, 0.2) is 48.5 Å². The summed E-state index contributed by atoms with van der Waals surface area (Å²) in [5, 5.41) is 12.3. The molecule has 5 rings (SSSR count). The van der Waals surface area contributed by atoms with E-state index >= 15 is 0 Å². The van der Waals surface area contributed by atoms with E-state index in [0.717, 1.165) is 30.4 Å². The molecule has 178 valence electrons. The van der Waals surface area contributed by atoms with E-state index in [9.17, 15) is 19.5 Å². The molecule has 1 saturated heterocycles. The molecule has 0 radical (unpaired) electrons. The maximum Gasteiger partial charge on any atom is 0.407 e. The Balaban J connectivity index is 1.20. The molecular formula is C27H30N2O5. The molecule has 3 aliphatic rings. The van der Waals surface area contributed by atoms with Gasteiger partial charge in [0.05, 0.1) is 17.9 Å². The topological polar surface area (TPSA) is 95.9 Å². The van der Waals surface area contributed by atoms with Gasteiger partial charge >= 0.3 is 12.1 Å². The lowest BCUT2D eigenvalue weighted by Gasteiger charge is -2.43. The fraction of sp³-hybridized carbons (Fsp3) is 0.444. The number of hydrogen-bond acceptors (Lipinski definition) is 4. The van der Waals surface area contributed by atoms with Gasteiger partial charge in [-0.25, -0.2) is 4.79 Å². The van der Waals surface area contributed by atoms with Crippen molar-refractivity contribution in [2.24, 2.45) is 5.92 Å². The van der Waals surface area contributed by atoms with Crippen molar-refractivity contribution in [3.63, 3.8) is 0 Å². The van der Waals surface area contributed by atoms with Crippen LogP contribution in [0.2, 0.25) is 0 Å². The summed E-state index contributed by atoms with van der Waals surface area (Å²) < 4.78 is 5.69. The number of carbonyl (C=O) groups is 3. The first-order chi connectivity index (χ1) is 16.5. The third-order valence-corrected chi connectivity index (χ3v) is 7.63. The zero-order valence-electron chi connectivity index (χ0n) is 19.2. The number of hydrogen-bond donors (Lipinski definition) is 2. The molecule has 0 aromatic heterocycles. The molecule has 2 fully saturated rings. The van der Waals surface area contributed by atoms with Crippen molar-refractivity contribution in [3.8, 4) is 11.1 Å². The number of carboxylic acid groups (broad SMARTS) is 1. The Hall–Kier alpha value is -3.35. The van der Waals surface area contributed by atoms with Crippen LogP contribution in [-0.2, 0) is 14.3 Å². The molecular weight excluding hydrogens is 432 g/mol. The molecule has 0 bridgehead atoms.